The molecule has 0 aliphatic carbocycles. The molecule has 2 rings (SSSR count). The van der Waals surface area contributed by atoms with Crippen LogP contribution in [0.3, 0.4) is 0 Å². The fourth-order valence-corrected chi connectivity index (χ4v) is 2.69. The van der Waals surface area contributed by atoms with Gasteiger partial charge in [0.15, 0.2) is 11.5 Å². The van der Waals surface area contributed by atoms with Crippen LogP contribution in [0.4, 0.5) is 4.79 Å². The third kappa shape index (κ3) is 5.73. The van der Waals surface area contributed by atoms with Crippen molar-refractivity contribution in [1.29, 1.82) is 0 Å². The maximum atomic E-state index is 11.8. The first kappa shape index (κ1) is 18.6. The number of fused-ring (bicyclic) bond motifs is 1. The first-order valence-electron chi connectivity index (χ1n) is 7.14. The summed E-state index contributed by atoms with van der Waals surface area (Å²) in [5.74, 6) is 0.948. The summed E-state index contributed by atoms with van der Waals surface area (Å²) in [6, 6.07) is 4.87. The summed E-state index contributed by atoms with van der Waals surface area (Å²) in [6.45, 7) is 5.11. The van der Waals surface area contributed by atoms with Crippen molar-refractivity contribution < 1.29 is 26.9 Å². The van der Waals surface area contributed by atoms with E-state index in [4.69, 9.17) is 21.1 Å². The highest BCUT2D eigenvalue weighted by atomic mass is 35.5. The van der Waals surface area contributed by atoms with E-state index in [2.05, 4.69) is 14.2 Å². The quantitative estimate of drug-likeness (QED) is 0.828. The van der Waals surface area contributed by atoms with Crippen molar-refractivity contribution in [1.82, 2.24) is 10.0 Å². The van der Waals surface area contributed by atoms with Crippen molar-refractivity contribution in [3.05, 3.63) is 23.2 Å². The number of carbonyl (C=O) groups excluding carboxylic acids is 1. The van der Waals surface area contributed by atoms with E-state index in [1.165, 1.54) is 0 Å². The molecule has 1 aromatic rings. The molecular formula is C14H19ClN2O6S. The lowest BCUT2D eigenvalue weighted by atomic mass is 10.1. The van der Waals surface area contributed by atoms with Crippen LogP contribution >= 0.6 is 11.6 Å². The highest BCUT2D eigenvalue weighted by Gasteiger charge is 2.26. The van der Waals surface area contributed by atoms with Crippen LogP contribution in [0.25, 0.3) is 0 Å². The van der Waals surface area contributed by atoms with E-state index in [9.17, 15) is 13.2 Å². The molecule has 8 nitrogen and oxygen atoms in total. The van der Waals surface area contributed by atoms with Gasteiger partial charge >= 0.3 is 16.4 Å². The molecule has 1 atom stereocenters. The maximum absolute atomic E-state index is 11.8. The zero-order valence-electron chi connectivity index (χ0n) is 13.5. The number of carbonyl (C=O) groups is 1. The summed E-state index contributed by atoms with van der Waals surface area (Å²) in [5, 5.41) is 2.89. The van der Waals surface area contributed by atoms with Crippen molar-refractivity contribution in [2.24, 2.45) is 0 Å². The van der Waals surface area contributed by atoms with Gasteiger partial charge in [0.2, 0.25) is 0 Å². The van der Waals surface area contributed by atoms with E-state index >= 15 is 0 Å². The second-order valence-electron chi connectivity index (χ2n) is 6.19. The minimum atomic E-state index is -4.26. The number of hydrogen-bond donors (Lipinski definition) is 2. The summed E-state index contributed by atoms with van der Waals surface area (Å²) in [6.07, 6.45) is -1.63. The van der Waals surface area contributed by atoms with Crippen molar-refractivity contribution in [3.8, 4) is 11.5 Å². The predicted octanol–water partition coefficient (Wildman–Crippen LogP) is 1.84. The smallest absolute Gasteiger partial charge is 0.424 e. The Balaban J connectivity index is 1.87. The van der Waals surface area contributed by atoms with Crippen molar-refractivity contribution in [2.75, 3.05) is 13.2 Å². The molecule has 0 spiro atoms. The van der Waals surface area contributed by atoms with Gasteiger partial charge in [0.05, 0.1) is 6.54 Å². The monoisotopic (exact) mass is 378 g/mol. The molecule has 134 valence electrons. The van der Waals surface area contributed by atoms with Gasteiger partial charge in [0.1, 0.15) is 12.7 Å². The average Bonchev–Trinajstić information content (AvgIpc) is 2.42. The van der Waals surface area contributed by atoms with E-state index in [0.29, 0.717) is 16.5 Å². The number of rotatable bonds is 4. The van der Waals surface area contributed by atoms with Crippen molar-refractivity contribution in [2.45, 2.75) is 32.4 Å². The Bertz CT molecular complexity index is 716. The van der Waals surface area contributed by atoms with E-state index < -0.39 is 28.0 Å². The normalized spacial score (nSPS) is 17.2. The second-order valence-corrected chi connectivity index (χ2v) is 7.99. The average molecular weight is 379 g/mol. The molecule has 0 bridgehead atoms. The Morgan fingerprint density at radius 3 is 2.75 bits per heavy atom. The van der Waals surface area contributed by atoms with E-state index in [0.717, 1.165) is 0 Å². The van der Waals surface area contributed by atoms with Crippen LogP contribution in [0, 0.1) is 0 Å². The molecule has 0 saturated carbocycles. The molecule has 10 heteroatoms. The van der Waals surface area contributed by atoms with Crippen LogP contribution in [0.2, 0.25) is 5.02 Å². The lowest BCUT2D eigenvalue weighted by Gasteiger charge is -2.26. The lowest BCUT2D eigenvalue weighted by Crippen LogP contribution is -2.45. The zero-order chi connectivity index (χ0) is 18.0. The number of ether oxygens (including phenoxy) is 2. The second kappa shape index (κ2) is 7.04. The summed E-state index contributed by atoms with van der Waals surface area (Å²) in [5.41, 5.74) is -0.613. The molecular weight excluding hydrogens is 360 g/mol. The summed E-state index contributed by atoms with van der Waals surface area (Å²) in [7, 11) is -4.26. The van der Waals surface area contributed by atoms with E-state index in [1.54, 1.807) is 39.0 Å². The molecule has 1 unspecified atom stereocenters. The molecule has 0 aromatic heterocycles. The number of nitrogens with one attached hydrogen (secondary N) is 2. The summed E-state index contributed by atoms with van der Waals surface area (Å²) < 4.78 is 41.1. The van der Waals surface area contributed by atoms with Crippen LogP contribution in [-0.4, -0.2) is 39.3 Å². The topological polar surface area (TPSA) is 103 Å². The molecule has 0 saturated heterocycles. The van der Waals surface area contributed by atoms with Crippen LogP contribution in [0.5, 0.6) is 11.5 Å². The zero-order valence-corrected chi connectivity index (χ0v) is 15.0. The fraction of sp³-hybridized carbons (Fsp3) is 0.500. The molecule has 0 fully saturated rings. The van der Waals surface area contributed by atoms with Gasteiger partial charge in [-0.25, -0.2) is 4.79 Å². The molecule has 1 aliphatic rings. The van der Waals surface area contributed by atoms with Gasteiger partial charge in [-0.1, -0.05) is 11.6 Å². The standard InChI is InChI=1S/C14H19ClN2O6S/c1-14(2,3)17-13(18)23-24(19,20)16-7-10-8-21-12-6-9(15)4-5-11(12)22-10/h4-6,10,16H,7-8H2,1-3H3,(H,17,18). The minimum Gasteiger partial charge on any atom is -0.486 e. The predicted molar refractivity (Wildman–Crippen MR) is 87.7 cm³/mol. The van der Waals surface area contributed by atoms with Gasteiger partial charge in [-0.15, -0.1) is 0 Å². The molecule has 1 heterocycles. The van der Waals surface area contributed by atoms with Crippen LogP contribution < -0.4 is 19.5 Å². The van der Waals surface area contributed by atoms with E-state index in [1.807, 2.05) is 0 Å². The van der Waals surface area contributed by atoms with Crippen LogP contribution in [0.15, 0.2) is 18.2 Å². The number of hydrogen-bond acceptors (Lipinski definition) is 6. The van der Waals surface area contributed by atoms with Crippen LogP contribution in [0.1, 0.15) is 20.8 Å². The number of amides is 1. The molecule has 2 N–H and O–H groups in total. The molecule has 1 aromatic carbocycles. The van der Waals surface area contributed by atoms with Gasteiger partial charge in [-0.2, -0.15) is 13.1 Å². The Labute approximate surface area is 145 Å². The van der Waals surface area contributed by atoms with Gasteiger partial charge in [-0.05, 0) is 32.9 Å². The highest BCUT2D eigenvalue weighted by Crippen LogP contribution is 2.33. The fourth-order valence-electron chi connectivity index (χ4n) is 1.84. The Kier molecular flexibility index (Phi) is 5.46. The van der Waals surface area contributed by atoms with Crippen molar-refractivity contribution in [3.63, 3.8) is 0 Å². The Morgan fingerprint density at radius 1 is 1.38 bits per heavy atom. The van der Waals surface area contributed by atoms with Crippen LogP contribution in [-0.2, 0) is 14.5 Å². The van der Waals surface area contributed by atoms with Gasteiger partial charge in [-0.3, -0.25) is 0 Å². The lowest BCUT2D eigenvalue weighted by molar-refractivity contribution is 0.0936. The summed E-state index contributed by atoms with van der Waals surface area (Å²) in [4.78, 5) is 11.5. The maximum Gasteiger partial charge on any atom is 0.424 e. The van der Waals surface area contributed by atoms with E-state index in [-0.39, 0.29) is 13.2 Å². The first-order valence-corrected chi connectivity index (χ1v) is 8.93. The van der Waals surface area contributed by atoms with Crippen molar-refractivity contribution >= 4 is 28.0 Å². The third-order valence-corrected chi connectivity index (χ3v) is 3.90. The highest BCUT2D eigenvalue weighted by molar-refractivity contribution is 7.85. The van der Waals surface area contributed by atoms with Gasteiger partial charge < -0.3 is 19.0 Å². The molecule has 0 radical (unpaired) electrons. The van der Waals surface area contributed by atoms with Gasteiger partial charge in [0, 0.05) is 16.6 Å². The third-order valence-electron chi connectivity index (χ3n) is 2.77. The van der Waals surface area contributed by atoms with Gasteiger partial charge in [0.25, 0.3) is 0 Å². The minimum absolute atomic E-state index is 0.118. The molecule has 1 aliphatic heterocycles. The number of benzene rings is 1. The Morgan fingerprint density at radius 2 is 2.08 bits per heavy atom. The largest absolute Gasteiger partial charge is 0.486 e. The SMILES string of the molecule is CC(C)(C)NC(=O)OS(=O)(=O)NCC1COc2cc(Cl)ccc2O1. The first-order chi connectivity index (χ1) is 11.0. The number of halogens is 1. The molecule has 24 heavy (non-hydrogen) atoms. The molecule has 1 amide bonds. The summed E-state index contributed by atoms with van der Waals surface area (Å²) >= 11 is 5.85. The Hall–Kier alpha value is -1.71.